The Hall–Kier alpha value is -2.50. The number of ketones is 1. The van der Waals surface area contributed by atoms with Gasteiger partial charge in [-0.05, 0) is 25.1 Å². The van der Waals surface area contributed by atoms with E-state index in [0.29, 0.717) is 17.1 Å². The van der Waals surface area contributed by atoms with Gasteiger partial charge in [-0.1, -0.05) is 0 Å². The average Bonchev–Trinajstić information content (AvgIpc) is 2.87. The van der Waals surface area contributed by atoms with Gasteiger partial charge in [-0.15, -0.1) is 0 Å². The van der Waals surface area contributed by atoms with Crippen molar-refractivity contribution in [3.63, 3.8) is 0 Å². The van der Waals surface area contributed by atoms with Crippen molar-refractivity contribution < 1.29 is 9.59 Å². The lowest BCUT2D eigenvalue weighted by Crippen LogP contribution is -2.18. The predicted molar refractivity (Wildman–Crippen MR) is 64.8 cm³/mol. The second-order valence-electron chi connectivity index (χ2n) is 3.68. The minimum absolute atomic E-state index is 0.0441. The van der Waals surface area contributed by atoms with E-state index in [4.69, 9.17) is 0 Å². The average molecular weight is 244 g/mol. The molecule has 2 heterocycles. The summed E-state index contributed by atoms with van der Waals surface area (Å²) in [5, 5.41) is 6.57. The van der Waals surface area contributed by atoms with Crippen LogP contribution in [0.3, 0.4) is 0 Å². The predicted octanol–water partition coefficient (Wildman–Crippen LogP) is 0.829. The van der Waals surface area contributed by atoms with Gasteiger partial charge in [0.2, 0.25) is 0 Å². The molecule has 2 aromatic heterocycles. The van der Waals surface area contributed by atoms with Gasteiger partial charge in [-0.3, -0.25) is 9.59 Å². The molecule has 0 aliphatic heterocycles. The van der Waals surface area contributed by atoms with Gasteiger partial charge in [-0.2, -0.15) is 5.10 Å². The minimum Gasteiger partial charge on any atom is -0.354 e. The van der Waals surface area contributed by atoms with E-state index in [1.165, 1.54) is 24.9 Å². The maximum atomic E-state index is 11.4. The zero-order valence-electron chi connectivity index (χ0n) is 10.0. The normalized spacial score (nSPS) is 10.1. The lowest BCUT2D eigenvalue weighted by atomic mass is 10.2. The molecule has 0 saturated heterocycles. The van der Waals surface area contributed by atoms with E-state index in [0.717, 1.165) is 0 Å². The smallest absolute Gasteiger partial charge is 0.271 e. The fourth-order valence-electron chi connectivity index (χ4n) is 1.46. The summed E-state index contributed by atoms with van der Waals surface area (Å²) in [5.41, 5.74) is 0.851. The molecule has 0 unspecified atom stereocenters. The molecule has 6 heteroatoms. The maximum Gasteiger partial charge on any atom is 0.271 e. The fourth-order valence-corrected chi connectivity index (χ4v) is 1.46. The lowest BCUT2D eigenvalue weighted by molar-refractivity contribution is 0.0956. The van der Waals surface area contributed by atoms with Gasteiger partial charge in [0.15, 0.2) is 17.3 Å². The van der Waals surface area contributed by atoms with E-state index in [9.17, 15) is 9.59 Å². The van der Waals surface area contributed by atoms with Crippen molar-refractivity contribution in [2.45, 2.75) is 6.92 Å². The van der Waals surface area contributed by atoms with Gasteiger partial charge in [0.25, 0.3) is 5.91 Å². The molecule has 2 aromatic rings. The first-order valence-corrected chi connectivity index (χ1v) is 5.37. The molecular formula is C12H12N4O2. The molecule has 0 spiro atoms. The third kappa shape index (κ3) is 2.27. The molecule has 0 fully saturated rings. The van der Waals surface area contributed by atoms with Crippen LogP contribution >= 0.6 is 0 Å². The van der Waals surface area contributed by atoms with E-state index in [2.05, 4.69) is 15.4 Å². The number of pyridine rings is 1. The Morgan fingerprint density at radius 1 is 1.33 bits per heavy atom. The van der Waals surface area contributed by atoms with Gasteiger partial charge in [-0.25, -0.2) is 9.67 Å². The lowest BCUT2D eigenvalue weighted by Gasteiger charge is -2.01. The number of hydrogen-bond donors (Lipinski definition) is 1. The summed E-state index contributed by atoms with van der Waals surface area (Å²) in [6.07, 6.45) is 3.16. The highest BCUT2D eigenvalue weighted by Gasteiger charge is 2.09. The Kier molecular flexibility index (Phi) is 3.18. The van der Waals surface area contributed by atoms with Crippen LogP contribution in [0.1, 0.15) is 27.8 Å². The van der Waals surface area contributed by atoms with Crippen LogP contribution in [-0.2, 0) is 0 Å². The number of rotatable bonds is 3. The summed E-state index contributed by atoms with van der Waals surface area (Å²) in [6.45, 7) is 1.48. The first kappa shape index (κ1) is 12.0. The number of carbonyl (C=O) groups is 2. The van der Waals surface area contributed by atoms with E-state index in [1.807, 2.05) is 0 Å². The SMILES string of the molecule is CNC(=O)c1ccn(-c2cc(C(C)=O)ccn2)n1. The van der Waals surface area contributed by atoms with Crippen molar-refractivity contribution in [3.8, 4) is 5.82 Å². The maximum absolute atomic E-state index is 11.4. The molecule has 0 bridgehead atoms. The van der Waals surface area contributed by atoms with Crippen molar-refractivity contribution >= 4 is 11.7 Å². The molecule has 0 aliphatic carbocycles. The van der Waals surface area contributed by atoms with Gasteiger partial charge in [0, 0.05) is 25.0 Å². The van der Waals surface area contributed by atoms with Crippen LogP contribution in [0.25, 0.3) is 5.82 Å². The molecule has 0 saturated carbocycles. The highest BCUT2D eigenvalue weighted by Crippen LogP contribution is 2.08. The number of Topliss-reactive ketones (excluding diaryl/α,β-unsaturated/α-hetero) is 1. The van der Waals surface area contributed by atoms with Crippen molar-refractivity contribution in [1.29, 1.82) is 0 Å². The Morgan fingerprint density at radius 3 is 2.78 bits per heavy atom. The Bertz CT molecular complexity index is 604. The molecule has 0 radical (unpaired) electrons. The van der Waals surface area contributed by atoms with Crippen LogP contribution < -0.4 is 5.32 Å². The quantitative estimate of drug-likeness (QED) is 0.811. The summed E-state index contributed by atoms with van der Waals surface area (Å²) in [5.74, 6) is 0.187. The van der Waals surface area contributed by atoms with Crippen LogP contribution in [0, 0.1) is 0 Å². The van der Waals surface area contributed by atoms with Crippen molar-refractivity contribution in [2.75, 3.05) is 7.05 Å². The van der Waals surface area contributed by atoms with Crippen LogP contribution in [-0.4, -0.2) is 33.5 Å². The number of nitrogens with zero attached hydrogens (tertiary/aromatic N) is 3. The topological polar surface area (TPSA) is 76.9 Å². The summed E-state index contributed by atoms with van der Waals surface area (Å²) in [7, 11) is 1.54. The second kappa shape index (κ2) is 4.79. The zero-order chi connectivity index (χ0) is 13.1. The second-order valence-corrected chi connectivity index (χ2v) is 3.68. The molecular weight excluding hydrogens is 232 g/mol. The Balaban J connectivity index is 2.37. The monoisotopic (exact) mass is 244 g/mol. The molecule has 2 rings (SSSR count). The van der Waals surface area contributed by atoms with Crippen LogP contribution in [0.4, 0.5) is 0 Å². The molecule has 1 N–H and O–H groups in total. The Morgan fingerprint density at radius 2 is 2.11 bits per heavy atom. The molecule has 18 heavy (non-hydrogen) atoms. The molecule has 0 aromatic carbocycles. The number of carbonyl (C=O) groups excluding carboxylic acids is 2. The molecule has 0 aliphatic rings. The third-order valence-corrected chi connectivity index (χ3v) is 2.44. The van der Waals surface area contributed by atoms with Crippen LogP contribution in [0.5, 0.6) is 0 Å². The number of aromatic nitrogens is 3. The largest absolute Gasteiger partial charge is 0.354 e. The van der Waals surface area contributed by atoms with Gasteiger partial charge in [0.05, 0.1) is 0 Å². The van der Waals surface area contributed by atoms with Crippen molar-refractivity contribution in [2.24, 2.45) is 0 Å². The standard InChI is InChI=1S/C12H12N4O2/c1-8(17)9-3-5-14-11(7-9)16-6-4-10(15-16)12(18)13-2/h3-7H,1-2H3,(H,13,18). The van der Waals surface area contributed by atoms with Gasteiger partial charge >= 0.3 is 0 Å². The van der Waals surface area contributed by atoms with E-state index < -0.39 is 0 Å². The van der Waals surface area contributed by atoms with Gasteiger partial charge in [0.1, 0.15) is 0 Å². The number of nitrogens with one attached hydrogen (secondary N) is 1. The first-order chi connectivity index (χ1) is 8.61. The van der Waals surface area contributed by atoms with Crippen LogP contribution in [0.2, 0.25) is 0 Å². The summed E-state index contributed by atoms with van der Waals surface area (Å²) in [6, 6.07) is 4.85. The summed E-state index contributed by atoms with van der Waals surface area (Å²) >= 11 is 0. The minimum atomic E-state index is -0.267. The summed E-state index contributed by atoms with van der Waals surface area (Å²) < 4.78 is 1.46. The number of hydrogen-bond acceptors (Lipinski definition) is 4. The summed E-state index contributed by atoms with van der Waals surface area (Å²) in [4.78, 5) is 26.7. The van der Waals surface area contributed by atoms with Crippen molar-refractivity contribution in [1.82, 2.24) is 20.1 Å². The first-order valence-electron chi connectivity index (χ1n) is 5.37. The third-order valence-electron chi connectivity index (χ3n) is 2.44. The van der Waals surface area contributed by atoms with Gasteiger partial charge < -0.3 is 5.32 Å². The highest BCUT2D eigenvalue weighted by atomic mass is 16.1. The van der Waals surface area contributed by atoms with E-state index in [1.54, 1.807) is 24.4 Å². The number of amides is 1. The molecule has 1 amide bonds. The Labute approximate surface area is 104 Å². The van der Waals surface area contributed by atoms with Crippen LogP contribution in [0.15, 0.2) is 30.6 Å². The van der Waals surface area contributed by atoms with E-state index in [-0.39, 0.29) is 11.7 Å². The van der Waals surface area contributed by atoms with Crippen molar-refractivity contribution in [3.05, 3.63) is 41.9 Å². The van der Waals surface area contributed by atoms with E-state index >= 15 is 0 Å². The molecule has 0 atom stereocenters. The molecule has 92 valence electrons. The molecule has 6 nitrogen and oxygen atoms in total. The highest BCUT2D eigenvalue weighted by molar-refractivity contribution is 5.94. The fraction of sp³-hybridized carbons (Fsp3) is 0.167. The zero-order valence-corrected chi connectivity index (χ0v) is 10.0.